The summed E-state index contributed by atoms with van der Waals surface area (Å²) in [5.74, 6) is -3.18. The van der Waals surface area contributed by atoms with Crippen molar-refractivity contribution in [3.05, 3.63) is 81.8 Å². The molecular weight excluding hydrogens is 719 g/mol. The van der Waals surface area contributed by atoms with Crippen molar-refractivity contribution in [2.24, 2.45) is 17.8 Å². The van der Waals surface area contributed by atoms with E-state index in [1.807, 2.05) is 70.0 Å². The van der Waals surface area contributed by atoms with Crippen molar-refractivity contribution in [3.63, 3.8) is 0 Å². The van der Waals surface area contributed by atoms with Crippen LogP contribution in [-0.2, 0) is 27.3 Å². The van der Waals surface area contributed by atoms with Crippen LogP contribution in [0.25, 0.3) is 0 Å². The molecule has 1 saturated heterocycles. The summed E-state index contributed by atoms with van der Waals surface area (Å²) in [7, 11) is 1.94. The number of ketones is 1. The Labute approximate surface area is 328 Å². The molecule has 2 aromatic carbocycles. The van der Waals surface area contributed by atoms with Crippen molar-refractivity contribution in [3.8, 4) is 5.75 Å². The van der Waals surface area contributed by atoms with Gasteiger partial charge in [-0.1, -0.05) is 89.9 Å². The third-order valence-electron chi connectivity index (χ3n) is 10.7. The van der Waals surface area contributed by atoms with E-state index in [0.29, 0.717) is 12.8 Å². The van der Waals surface area contributed by atoms with Crippen molar-refractivity contribution in [1.29, 1.82) is 0 Å². The van der Waals surface area contributed by atoms with E-state index in [1.54, 1.807) is 24.0 Å². The van der Waals surface area contributed by atoms with Crippen molar-refractivity contribution >= 4 is 40.8 Å². The van der Waals surface area contributed by atoms with Gasteiger partial charge in [-0.05, 0) is 74.4 Å². The van der Waals surface area contributed by atoms with Gasteiger partial charge in [0.05, 0.1) is 12.0 Å². The average molecular weight is 776 g/mol. The molecule has 298 valence electrons. The smallest absolute Gasteiger partial charge is 0.306 e. The van der Waals surface area contributed by atoms with Crippen molar-refractivity contribution in [2.75, 3.05) is 13.6 Å². The summed E-state index contributed by atoms with van der Waals surface area (Å²) in [6.07, 6.45) is 3.82. The molecule has 1 aliphatic rings. The predicted molar refractivity (Wildman–Crippen MR) is 213 cm³/mol. The average Bonchev–Trinajstić information content (AvgIpc) is 3.67. The van der Waals surface area contributed by atoms with Crippen LogP contribution in [-0.4, -0.2) is 92.2 Å². The van der Waals surface area contributed by atoms with Crippen LogP contribution < -0.4 is 10.6 Å². The highest BCUT2D eigenvalue weighted by Crippen LogP contribution is 2.26. The maximum atomic E-state index is 14.7. The molecule has 1 fully saturated rings. The fourth-order valence-corrected chi connectivity index (χ4v) is 7.79. The molecule has 1 aliphatic heterocycles. The summed E-state index contributed by atoms with van der Waals surface area (Å²) in [5, 5.41) is 26.9. The Balaban J connectivity index is 1.56. The van der Waals surface area contributed by atoms with Crippen LogP contribution in [0.4, 0.5) is 0 Å². The third kappa shape index (κ3) is 12.2. The van der Waals surface area contributed by atoms with Gasteiger partial charge in [0.2, 0.25) is 11.8 Å². The van der Waals surface area contributed by atoms with Gasteiger partial charge < -0.3 is 25.7 Å². The number of thiazole rings is 1. The summed E-state index contributed by atoms with van der Waals surface area (Å²) in [6, 6.07) is 13.9. The number of likely N-dealkylation sites (N-methyl/N-ethyl adjacent to an activating group) is 1. The van der Waals surface area contributed by atoms with Crippen LogP contribution in [0.1, 0.15) is 105 Å². The highest BCUT2D eigenvalue weighted by molar-refractivity contribution is 7.12. The molecule has 12 nitrogen and oxygen atoms in total. The summed E-state index contributed by atoms with van der Waals surface area (Å²) < 4.78 is 0. The zero-order chi connectivity index (χ0) is 40.2. The van der Waals surface area contributed by atoms with Crippen LogP contribution in [0.5, 0.6) is 5.75 Å². The number of carbonyl (C=O) groups excluding carboxylic acids is 4. The maximum absolute atomic E-state index is 14.7. The number of benzene rings is 2. The standard InChI is InChI=1S/C42H57N5O7S/c1-7-27(4)37(45-39(51)34-15-11-12-20-46(34)6)41(52)47(24-30-13-9-8-10-14-30)35(26(2)3)23-36(49)40-44-33(25-55-40)38(50)43-31(21-28(5)42(53)54)22-29-16-18-32(48)19-17-29/h8-10,13-14,16-19,25-28,31,34-35,37,48H,7,11-12,15,20-24H2,1-6H3,(H,43,50)(H,45,51)(H,53,54). The van der Waals surface area contributed by atoms with Gasteiger partial charge in [0, 0.05) is 30.4 Å². The quantitative estimate of drug-likeness (QED) is 0.108. The van der Waals surface area contributed by atoms with Crippen LogP contribution in [0.2, 0.25) is 0 Å². The summed E-state index contributed by atoms with van der Waals surface area (Å²) in [6.45, 7) is 10.5. The first-order valence-corrected chi connectivity index (χ1v) is 20.2. The van der Waals surface area contributed by atoms with Crippen LogP contribution in [0.15, 0.2) is 60.0 Å². The van der Waals surface area contributed by atoms with Gasteiger partial charge in [0.1, 0.15) is 17.5 Å². The minimum absolute atomic E-state index is 0.0394. The van der Waals surface area contributed by atoms with Gasteiger partial charge in [-0.3, -0.25) is 28.9 Å². The number of nitrogens with zero attached hydrogens (tertiary/aromatic N) is 3. The second-order valence-corrected chi connectivity index (χ2v) is 16.2. The normalized spacial score (nSPS) is 17.4. The number of Topliss-reactive ketones (excluding diaryl/α,β-unsaturated/α-hetero) is 1. The predicted octanol–water partition coefficient (Wildman–Crippen LogP) is 5.94. The number of hydrogen-bond acceptors (Lipinski definition) is 9. The molecule has 0 bridgehead atoms. The van der Waals surface area contributed by atoms with E-state index in [1.165, 1.54) is 17.5 Å². The van der Waals surface area contributed by atoms with Gasteiger partial charge in [-0.25, -0.2) is 4.98 Å². The zero-order valence-electron chi connectivity index (χ0n) is 32.9. The van der Waals surface area contributed by atoms with Gasteiger partial charge in [0.15, 0.2) is 10.8 Å². The van der Waals surface area contributed by atoms with Crippen LogP contribution >= 0.6 is 11.3 Å². The Morgan fingerprint density at radius 1 is 0.964 bits per heavy atom. The molecule has 55 heavy (non-hydrogen) atoms. The molecule has 1 aromatic heterocycles. The minimum atomic E-state index is -0.985. The van der Waals surface area contributed by atoms with Gasteiger partial charge in [-0.2, -0.15) is 0 Å². The SMILES string of the molecule is CCC(C)C(NC(=O)C1CCCCN1C)C(=O)N(Cc1ccccc1)C(CC(=O)c1nc(C(=O)NC(Cc2ccc(O)cc2)CC(C)C(=O)O)cs1)C(C)C. The van der Waals surface area contributed by atoms with Crippen molar-refractivity contribution < 1.29 is 34.2 Å². The van der Waals surface area contributed by atoms with Gasteiger partial charge >= 0.3 is 5.97 Å². The third-order valence-corrected chi connectivity index (χ3v) is 11.6. The number of hydrogen-bond donors (Lipinski definition) is 4. The second kappa shape index (κ2) is 20.3. The second-order valence-electron chi connectivity index (χ2n) is 15.3. The monoisotopic (exact) mass is 775 g/mol. The molecule has 4 rings (SSSR count). The van der Waals surface area contributed by atoms with E-state index in [-0.39, 0.29) is 71.3 Å². The topological polar surface area (TPSA) is 169 Å². The summed E-state index contributed by atoms with van der Waals surface area (Å²) in [4.78, 5) is 75.7. The lowest BCUT2D eigenvalue weighted by Crippen LogP contribution is -2.58. The Morgan fingerprint density at radius 2 is 1.65 bits per heavy atom. The van der Waals surface area contributed by atoms with E-state index >= 15 is 0 Å². The number of phenolic OH excluding ortho intramolecular Hbond substituents is 1. The lowest BCUT2D eigenvalue weighted by atomic mass is 9.92. The molecule has 2 heterocycles. The Hall–Kier alpha value is -4.62. The zero-order valence-corrected chi connectivity index (χ0v) is 33.7. The number of aliphatic carboxylic acids is 1. The first-order chi connectivity index (χ1) is 26.2. The number of piperidine rings is 1. The van der Waals surface area contributed by atoms with Crippen molar-refractivity contribution in [2.45, 2.75) is 110 Å². The van der Waals surface area contributed by atoms with Gasteiger partial charge in [0.25, 0.3) is 5.91 Å². The number of likely N-dealkylation sites (tertiary alicyclic amines) is 1. The van der Waals surface area contributed by atoms with Gasteiger partial charge in [-0.15, -0.1) is 11.3 Å². The Morgan fingerprint density at radius 3 is 2.27 bits per heavy atom. The first kappa shape index (κ1) is 43.1. The Kier molecular flexibility index (Phi) is 15.9. The number of carboxylic acid groups (broad SMARTS) is 1. The molecule has 3 aromatic rings. The van der Waals surface area contributed by atoms with E-state index < -0.39 is 35.9 Å². The molecule has 6 unspecified atom stereocenters. The highest BCUT2D eigenvalue weighted by atomic mass is 32.1. The largest absolute Gasteiger partial charge is 0.508 e. The first-order valence-electron chi connectivity index (χ1n) is 19.3. The summed E-state index contributed by atoms with van der Waals surface area (Å²) >= 11 is 1.05. The number of aromatic hydroxyl groups is 1. The minimum Gasteiger partial charge on any atom is -0.508 e. The molecule has 0 saturated carbocycles. The Bertz CT molecular complexity index is 1750. The molecule has 0 aliphatic carbocycles. The van der Waals surface area contributed by atoms with E-state index in [4.69, 9.17) is 0 Å². The highest BCUT2D eigenvalue weighted by Gasteiger charge is 2.38. The maximum Gasteiger partial charge on any atom is 0.306 e. The molecule has 6 atom stereocenters. The number of carbonyl (C=O) groups is 5. The number of carboxylic acids is 1. The number of rotatable bonds is 19. The van der Waals surface area contributed by atoms with Crippen LogP contribution in [0, 0.1) is 17.8 Å². The van der Waals surface area contributed by atoms with E-state index in [9.17, 15) is 34.2 Å². The fourth-order valence-electron chi connectivity index (χ4n) is 7.04. The number of amides is 3. The van der Waals surface area contributed by atoms with E-state index in [2.05, 4.69) is 15.6 Å². The van der Waals surface area contributed by atoms with Crippen LogP contribution in [0.3, 0.4) is 0 Å². The number of nitrogens with one attached hydrogen (secondary N) is 2. The van der Waals surface area contributed by atoms with E-state index in [0.717, 1.165) is 48.3 Å². The number of aromatic nitrogens is 1. The molecule has 4 N–H and O–H groups in total. The molecule has 3 amide bonds. The summed E-state index contributed by atoms with van der Waals surface area (Å²) in [5.41, 5.74) is 1.74. The molecule has 0 spiro atoms. The van der Waals surface area contributed by atoms with Crippen molar-refractivity contribution in [1.82, 2.24) is 25.4 Å². The molecule has 0 radical (unpaired) electrons. The molecule has 13 heteroatoms. The lowest BCUT2D eigenvalue weighted by Gasteiger charge is -2.39. The fraction of sp³-hybridized carbons (Fsp3) is 0.524. The lowest BCUT2D eigenvalue weighted by molar-refractivity contribution is -0.142. The number of phenols is 1. The molecular formula is C42H57N5O7S.